The standard InChI is InChI=1S/C25H30N2O7/c1-3-32-23(33-4-2)14-26-24(30)21(13-22(28)29)27-25(31)34-15-20-18-11-7-5-9-16(18)17-10-6-8-12-19(17)20/h5-12,20-21,23H,3-4,13-15H2,1-2H3,(H,26,30)(H,27,31)(H,28,29). The van der Waals surface area contributed by atoms with Gasteiger partial charge in [0.25, 0.3) is 0 Å². The van der Waals surface area contributed by atoms with Crippen LogP contribution < -0.4 is 10.6 Å². The van der Waals surface area contributed by atoms with Gasteiger partial charge in [0.15, 0.2) is 6.29 Å². The zero-order chi connectivity index (χ0) is 24.5. The number of fused-ring (bicyclic) bond motifs is 3. The fourth-order valence-corrected chi connectivity index (χ4v) is 4.01. The van der Waals surface area contributed by atoms with E-state index in [9.17, 15) is 19.5 Å². The normalized spacial score (nSPS) is 13.1. The molecule has 2 aromatic carbocycles. The summed E-state index contributed by atoms with van der Waals surface area (Å²) < 4.78 is 16.2. The number of hydrogen-bond donors (Lipinski definition) is 3. The van der Waals surface area contributed by atoms with Gasteiger partial charge in [0.2, 0.25) is 5.91 Å². The van der Waals surface area contributed by atoms with Crippen molar-refractivity contribution in [1.29, 1.82) is 0 Å². The van der Waals surface area contributed by atoms with Crippen LogP contribution in [0, 0.1) is 0 Å². The number of amides is 2. The maximum atomic E-state index is 12.6. The predicted octanol–water partition coefficient (Wildman–Crippen LogP) is 2.88. The number of alkyl carbamates (subject to hydrolysis) is 1. The molecule has 9 nitrogen and oxygen atoms in total. The molecule has 0 heterocycles. The van der Waals surface area contributed by atoms with E-state index in [1.165, 1.54) is 0 Å². The number of carbonyl (C=O) groups is 3. The number of benzene rings is 2. The van der Waals surface area contributed by atoms with E-state index in [0.29, 0.717) is 13.2 Å². The number of hydrogen-bond acceptors (Lipinski definition) is 6. The van der Waals surface area contributed by atoms with E-state index in [2.05, 4.69) is 10.6 Å². The van der Waals surface area contributed by atoms with Gasteiger partial charge in [0, 0.05) is 19.1 Å². The van der Waals surface area contributed by atoms with Crippen LogP contribution in [0.1, 0.15) is 37.3 Å². The molecule has 34 heavy (non-hydrogen) atoms. The third-order valence-corrected chi connectivity index (χ3v) is 5.48. The molecule has 0 bridgehead atoms. The highest BCUT2D eigenvalue weighted by Crippen LogP contribution is 2.44. The molecule has 9 heteroatoms. The Labute approximate surface area is 198 Å². The van der Waals surface area contributed by atoms with Crippen LogP contribution in [0.2, 0.25) is 0 Å². The lowest BCUT2D eigenvalue weighted by atomic mass is 9.98. The van der Waals surface area contributed by atoms with Gasteiger partial charge in [0.05, 0.1) is 13.0 Å². The van der Waals surface area contributed by atoms with Crippen LogP contribution in [0.4, 0.5) is 4.79 Å². The Hall–Kier alpha value is -3.43. The Bertz CT molecular complexity index is 959. The molecule has 1 aliphatic rings. The first-order valence-corrected chi connectivity index (χ1v) is 11.3. The quantitative estimate of drug-likeness (QED) is 0.408. The number of carboxylic acid groups (broad SMARTS) is 1. The van der Waals surface area contributed by atoms with Gasteiger partial charge < -0.3 is 30.0 Å². The molecular weight excluding hydrogens is 440 g/mol. The topological polar surface area (TPSA) is 123 Å². The highest BCUT2D eigenvalue weighted by atomic mass is 16.7. The lowest BCUT2D eigenvalue weighted by molar-refractivity contribution is -0.144. The van der Waals surface area contributed by atoms with Gasteiger partial charge in [-0.3, -0.25) is 9.59 Å². The molecule has 3 rings (SSSR count). The third-order valence-electron chi connectivity index (χ3n) is 5.48. The molecule has 182 valence electrons. The predicted molar refractivity (Wildman–Crippen MR) is 124 cm³/mol. The number of carbonyl (C=O) groups excluding carboxylic acids is 2. The number of ether oxygens (including phenoxy) is 3. The molecule has 2 amide bonds. The molecule has 0 radical (unpaired) electrons. The van der Waals surface area contributed by atoms with Crippen LogP contribution in [0.5, 0.6) is 0 Å². The average Bonchev–Trinajstić information content (AvgIpc) is 3.14. The average molecular weight is 471 g/mol. The fourth-order valence-electron chi connectivity index (χ4n) is 4.01. The van der Waals surface area contributed by atoms with Gasteiger partial charge in [-0.1, -0.05) is 48.5 Å². The zero-order valence-electron chi connectivity index (χ0n) is 19.3. The van der Waals surface area contributed by atoms with E-state index in [0.717, 1.165) is 22.3 Å². The van der Waals surface area contributed by atoms with Crippen molar-refractivity contribution in [3.05, 3.63) is 59.7 Å². The van der Waals surface area contributed by atoms with Gasteiger partial charge in [-0.15, -0.1) is 0 Å². The van der Waals surface area contributed by atoms with Crippen molar-refractivity contribution in [3.63, 3.8) is 0 Å². The Balaban J connectivity index is 1.61. The van der Waals surface area contributed by atoms with Crippen molar-refractivity contribution in [1.82, 2.24) is 10.6 Å². The minimum Gasteiger partial charge on any atom is -0.481 e. The second-order valence-corrected chi connectivity index (χ2v) is 7.71. The van der Waals surface area contributed by atoms with Crippen molar-refractivity contribution < 1.29 is 33.7 Å². The molecule has 0 fully saturated rings. The van der Waals surface area contributed by atoms with Gasteiger partial charge in [-0.05, 0) is 36.1 Å². The first-order chi connectivity index (χ1) is 16.4. The summed E-state index contributed by atoms with van der Waals surface area (Å²) in [6.07, 6.45) is -2.13. The Morgan fingerprint density at radius 2 is 1.50 bits per heavy atom. The summed E-state index contributed by atoms with van der Waals surface area (Å²) >= 11 is 0. The first kappa shape index (κ1) is 25.2. The monoisotopic (exact) mass is 470 g/mol. The largest absolute Gasteiger partial charge is 0.481 e. The molecule has 1 aliphatic carbocycles. The minimum absolute atomic E-state index is 0.0169. The summed E-state index contributed by atoms with van der Waals surface area (Å²) in [5.74, 6) is -2.05. The van der Waals surface area contributed by atoms with E-state index in [1.54, 1.807) is 13.8 Å². The molecule has 0 saturated carbocycles. The highest BCUT2D eigenvalue weighted by molar-refractivity contribution is 5.89. The second kappa shape index (κ2) is 12.2. The summed E-state index contributed by atoms with van der Waals surface area (Å²) in [6, 6.07) is 14.5. The van der Waals surface area contributed by atoms with E-state index in [1.807, 2.05) is 48.5 Å². The van der Waals surface area contributed by atoms with E-state index >= 15 is 0 Å². The maximum absolute atomic E-state index is 12.6. The van der Waals surface area contributed by atoms with Crippen LogP contribution >= 0.6 is 0 Å². The summed E-state index contributed by atoms with van der Waals surface area (Å²) in [6.45, 7) is 4.43. The minimum atomic E-state index is -1.31. The summed E-state index contributed by atoms with van der Waals surface area (Å²) in [5, 5.41) is 14.1. The molecule has 2 aromatic rings. The van der Waals surface area contributed by atoms with Crippen molar-refractivity contribution in [3.8, 4) is 11.1 Å². The second-order valence-electron chi connectivity index (χ2n) is 7.71. The van der Waals surface area contributed by atoms with Crippen molar-refractivity contribution in [2.75, 3.05) is 26.4 Å². The number of rotatable bonds is 12. The molecule has 1 atom stereocenters. The van der Waals surface area contributed by atoms with E-state index in [-0.39, 0.29) is 19.1 Å². The van der Waals surface area contributed by atoms with Gasteiger partial charge in [0.1, 0.15) is 12.6 Å². The fraction of sp³-hybridized carbons (Fsp3) is 0.400. The summed E-state index contributed by atoms with van der Waals surface area (Å²) in [4.78, 5) is 36.3. The first-order valence-electron chi connectivity index (χ1n) is 11.3. The smallest absolute Gasteiger partial charge is 0.407 e. The van der Waals surface area contributed by atoms with Crippen LogP contribution in [-0.4, -0.2) is 61.8 Å². The molecule has 0 spiro atoms. The van der Waals surface area contributed by atoms with E-state index < -0.39 is 36.7 Å². The Morgan fingerprint density at radius 1 is 0.941 bits per heavy atom. The van der Waals surface area contributed by atoms with Crippen molar-refractivity contribution in [2.24, 2.45) is 0 Å². The van der Waals surface area contributed by atoms with Crippen molar-refractivity contribution >= 4 is 18.0 Å². The third kappa shape index (κ3) is 6.33. The zero-order valence-corrected chi connectivity index (χ0v) is 19.3. The molecule has 0 saturated heterocycles. The van der Waals surface area contributed by atoms with Gasteiger partial charge in [-0.25, -0.2) is 4.79 Å². The van der Waals surface area contributed by atoms with Crippen molar-refractivity contribution in [2.45, 2.75) is 38.5 Å². The maximum Gasteiger partial charge on any atom is 0.407 e. The SMILES string of the molecule is CCOC(CNC(=O)C(CC(=O)O)NC(=O)OCC1c2ccccc2-c2ccccc21)OCC. The number of carboxylic acids is 1. The van der Waals surface area contributed by atoms with Gasteiger partial charge >= 0.3 is 12.1 Å². The number of nitrogens with one attached hydrogen (secondary N) is 2. The van der Waals surface area contributed by atoms with Crippen LogP contribution in [0.15, 0.2) is 48.5 Å². The molecule has 3 N–H and O–H groups in total. The Morgan fingerprint density at radius 3 is 2.03 bits per heavy atom. The molecule has 0 aromatic heterocycles. The summed E-state index contributed by atoms with van der Waals surface area (Å²) in [7, 11) is 0. The van der Waals surface area contributed by atoms with Crippen LogP contribution in [-0.2, 0) is 23.8 Å². The molecular formula is C25H30N2O7. The number of aliphatic carboxylic acids is 1. The lowest BCUT2D eigenvalue weighted by Crippen LogP contribution is -2.50. The molecule has 1 unspecified atom stereocenters. The van der Waals surface area contributed by atoms with Crippen LogP contribution in [0.25, 0.3) is 11.1 Å². The Kier molecular flexibility index (Phi) is 9.00. The van der Waals surface area contributed by atoms with E-state index in [4.69, 9.17) is 14.2 Å². The molecule has 0 aliphatic heterocycles. The summed E-state index contributed by atoms with van der Waals surface area (Å²) in [5.41, 5.74) is 4.28. The van der Waals surface area contributed by atoms with Gasteiger partial charge in [-0.2, -0.15) is 0 Å². The van der Waals surface area contributed by atoms with Crippen LogP contribution in [0.3, 0.4) is 0 Å². The lowest BCUT2D eigenvalue weighted by Gasteiger charge is -2.21. The highest BCUT2D eigenvalue weighted by Gasteiger charge is 2.30.